The van der Waals surface area contributed by atoms with E-state index in [9.17, 15) is 8.22 Å². The Morgan fingerprint density at radius 1 is 1.55 bits per heavy atom. The smallest absolute Gasteiger partial charge is 0.269 e. The summed E-state index contributed by atoms with van der Waals surface area (Å²) < 4.78 is 25.5. The van der Waals surface area contributed by atoms with Crippen LogP contribution in [0.2, 0.25) is 12.1 Å². The summed E-state index contributed by atoms with van der Waals surface area (Å²) in [6, 6.07) is 1.70. The first-order chi connectivity index (χ1) is 4.93. The largest absolute Gasteiger partial charge is 0.438 e. The molecular weight excluding hydrogens is 164 g/mol. The lowest BCUT2D eigenvalue weighted by Crippen LogP contribution is -2.28. The Balaban J connectivity index is 4.32. The molecule has 64 valence electrons. The van der Waals surface area contributed by atoms with Gasteiger partial charge in [-0.25, -0.2) is 0 Å². The topological polar surface area (TPSA) is 23.8 Å². The van der Waals surface area contributed by atoms with Gasteiger partial charge in [0.1, 0.15) is 0 Å². The van der Waals surface area contributed by atoms with Crippen molar-refractivity contribution in [1.29, 1.82) is 5.26 Å². The van der Waals surface area contributed by atoms with Crippen LogP contribution >= 0.6 is 0 Å². The molecule has 0 radical (unpaired) electrons. The molecule has 0 N–H and O–H groups in total. The highest BCUT2D eigenvalue weighted by atomic mass is 28.4. The Hall–Kier alpha value is -0.433. The van der Waals surface area contributed by atoms with E-state index in [1.807, 2.05) is 6.92 Å². The minimum Gasteiger partial charge on any atom is -0.269 e. The Bertz CT molecular complexity index is 159. The highest BCUT2D eigenvalue weighted by Crippen LogP contribution is 2.32. The van der Waals surface area contributed by atoms with Gasteiger partial charge in [-0.15, -0.1) is 0 Å². The Kier molecular flexibility index (Phi) is 3.66. The number of nitriles is 1. The Labute approximate surface area is 67.4 Å². The third kappa shape index (κ3) is 2.98. The van der Waals surface area contributed by atoms with Crippen LogP contribution in [-0.4, -0.2) is 8.74 Å². The van der Waals surface area contributed by atoms with Crippen LogP contribution in [0, 0.1) is 17.2 Å². The summed E-state index contributed by atoms with van der Waals surface area (Å²) in [5.74, 6) is -0.174. The quantitative estimate of drug-likeness (QED) is 0.480. The average molecular weight is 177 g/mol. The van der Waals surface area contributed by atoms with E-state index in [1.54, 1.807) is 13.0 Å². The first-order valence-corrected chi connectivity index (χ1v) is 6.04. The molecule has 0 bridgehead atoms. The number of halogens is 2. The van der Waals surface area contributed by atoms with Crippen LogP contribution in [0.4, 0.5) is 8.22 Å². The monoisotopic (exact) mass is 177 g/mol. The lowest BCUT2D eigenvalue weighted by Gasteiger charge is -2.19. The fourth-order valence-corrected chi connectivity index (χ4v) is 2.44. The van der Waals surface area contributed by atoms with E-state index < -0.39 is 14.3 Å². The van der Waals surface area contributed by atoms with Gasteiger partial charge in [0.05, 0.1) is 11.6 Å². The number of hydrogen-bond acceptors (Lipinski definition) is 1. The highest BCUT2D eigenvalue weighted by molar-refractivity contribution is 6.67. The molecule has 4 heteroatoms. The maximum Gasteiger partial charge on any atom is 0.438 e. The van der Waals surface area contributed by atoms with Crippen LogP contribution in [0.5, 0.6) is 0 Å². The molecule has 0 aromatic carbocycles. The van der Waals surface area contributed by atoms with Crippen molar-refractivity contribution in [3.63, 3.8) is 0 Å². The molecule has 2 atom stereocenters. The van der Waals surface area contributed by atoms with Crippen molar-refractivity contribution in [2.75, 3.05) is 0 Å². The molecule has 2 unspecified atom stereocenters. The first kappa shape index (κ1) is 10.6. The molecule has 0 aliphatic carbocycles. The molecule has 0 aliphatic heterocycles. The van der Waals surface area contributed by atoms with Crippen molar-refractivity contribution in [3.8, 4) is 6.07 Å². The molecule has 0 amide bonds. The molecule has 0 heterocycles. The lowest BCUT2D eigenvalue weighted by atomic mass is 10.1. The van der Waals surface area contributed by atoms with Crippen molar-refractivity contribution in [1.82, 2.24) is 0 Å². The predicted octanol–water partition coefficient (Wildman–Crippen LogP) is 2.94. The first-order valence-electron chi connectivity index (χ1n) is 3.70. The van der Waals surface area contributed by atoms with E-state index in [0.717, 1.165) is 6.55 Å². The molecular formula is C7H13F2NSi. The molecule has 0 fully saturated rings. The Morgan fingerprint density at radius 3 is 2.09 bits per heavy atom. The molecule has 0 saturated heterocycles. The zero-order valence-corrected chi connectivity index (χ0v) is 8.06. The van der Waals surface area contributed by atoms with Gasteiger partial charge in [-0.3, -0.25) is 8.22 Å². The summed E-state index contributed by atoms with van der Waals surface area (Å²) in [6.45, 7) is 4.47. The molecule has 11 heavy (non-hydrogen) atoms. The Morgan fingerprint density at radius 2 is 2.00 bits per heavy atom. The van der Waals surface area contributed by atoms with Crippen molar-refractivity contribution in [2.24, 2.45) is 5.92 Å². The second kappa shape index (κ2) is 3.81. The summed E-state index contributed by atoms with van der Waals surface area (Å²) in [5, 5.41) is 8.47. The molecule has 0 rings (SSSR count). The third-order valence-electron chi connectivity index (χ3n) is 1.90. The van der Waals surface area contributed by atoms with E-state index in [-0.39, 0.29) is 5.92 Å². The van der Waals surface area contributed by atoms with E-state index in [2.05, 4.69) is 0 Å². The zero-order valence-electron chi connectivity index (χ0n) is 7.06. The van der Waals surface area contributed by atoms with Crippen molar-refractivity contribution < 1.29 is 8.22 Å². The normalized spacial score (nSPS) is 17.1. The molecule has 0 aliphatic rings. The van der Waals surface area contributed by atoms with Crippen molar-refractivity contribution in [2.45, 2.75) is 32.4 Å². The van der Waals surface area contributed by atoms with E-state index >= 15 is 0 Å². The van der Waals surface area contributed by atoms with Gasteiger partial charge >= 0.3 is 8.74 Å². The van der Waals surface area contributed by atoms with Gasteiger partial charge in [-0.1, -0.05) is 20.3 Å². The van der Waals surface area contributed by atoms with Gasteiger partial charge in [0.25, 0.3) is 0 Å². The fraction of sp³-hybridized carbons (Fsp3) is 0.857. The average Bonchev–Trinajstić information content (AvgIpc) is 1.86. The molecule has 0 aromatic heterocycles. The van der Waals surface area contributed by atoms with Crippen LogP contribution in [0.3, 0.4) is 0 Å². The van der Waals surface area contributed by atoms with Crippen LogP contribution in [0.1, 0.15) is 20.3 Å². The van der Waals surface area contributed by atoms with Crippen LogP contribution in [0.25, 0.3) is 0 Å². The zero-order chi connectivity index (χ0) is 9.07. The van der Waals surface area contributed by atoms with Crippen LogP contribution in [-0.2, 0) is 0 Å². The minimum atomic E-state index is -4.23. The van der Waals surface area contributed by atoms with E-state index in [1.165, 1.54) is 0 Å². The van der Waals surface area contributed by atoms with Gasteiger partial charge in [0, 0.05) is 0 Å². The standard InChI is InChI=1S/C7H13F2NSi/c1-4-6(2)7(5-10)11(3,8)9/h6-7H,4H2,1-3H3. The van der Waals surface area contributed by atoms with E-state index in [0.29, 0.717) is 6.42 Å². The molecule has 0 aromatic rings. The van der Waals surface area contributed by atoms with Gasteiger partial charge in [0.2, 0.25) is 0 Å². The lowest BCUT2D eigenvalue weighted by molar-refractivity contribution is 0.488. The summed E-state index contributed by atoms with van der Waals surface area (Å²) in [5.41, 5.74) is -1.01. The second-order valence-electron chi connectivity index (χ2n) is 2.95. The van der Waals surface area contributed by atoms with Crippen LogP contribution in [0.15, 0.2) is 0 Å². The number of nitrogens with zero attached hydrogens (tertiary/aromatic N) is 1. The SMILES string of the molecule is CCC(C)C(C#N)[Si](C)(F)F. The second-order valence-corrected chi connectivity index (χ2v) is 5.48. The van der Waals surface area contributed by atoms with Crippen LogP contribution < -0.4 is 0 Å². The van der Waals surface area contributed by atoms with Gasteiger partial charge in [-0.2, -0.15) is 5.26 Å². The molecule has 0 spiro atoms. The molecule has 1 nitrogen and oxygen atoms in total. The van der Waals surface area contributed by atoms with Gasteiger partial charge < -0.3 is 0 Å². The number of hydrogen-bond donors (Lipinski definition) is 0. The summed E-state index contributed by atoms with van der Waals surface area (Å²) in [4.78, 5) is 0. The highest BCUT2D eigenvalue weighted by Gasteiger charge is 2.42. The predicted molar refractivity (Wildman–Crippen MR) is 42.7 cm³/mol. The van der Waals surface area contributed by atoms with E-state index in [4.69, 9.17) is 5.26 Å². The fourth-order valence-electron chi connectivity index (χ4n) is 0.976. The van der Waals surface area contributed by atoms with Gasteiger partial charge in [0.15, 0.2) is 0 Å². The number of rotatable bonds is 3. The summed E-state index contributed by atoms with van der Waals surface area (Å²) >= 11 is 0. The molecule has 0 saturated carbocycles. The van der Waals surface area contributed by atoms with Crippen molar-refractivity contribution in [3.05, 3.63) is 0 Å². The maximum atomic E-state index is 12.7. The summed E-state index contributed by atoms with van der Waals surface area (Å²) in [6.07, 6.45) is 0.647. The minimum absolute atomic E-state index is 0.174. The van der Waals surface area contributed by atoms with Crippen molar-refractivity contribution >= 4 is 8.74 Å². The maximum absolute atomic E-state index is 12.7. The van der Waals surface area contributed by atoms with Gasteiger partial charge in [-0.05, 0) is 12.5 Å². The summed E-state index contributed by atoms with van der Waals surface area (Å²) in [7, 11) is -4.23. The third-order valence-corrected chi connectivity index (χ3v) is 3.69.